The Morgan fingerprint density at radius 1 is 1.08 bits per heavy atom. The van der Waals surface area contributed by atoms with Gasteiger partial charge in [0.05, 0.1) is 11.3 Å². The molecule has 1 aliphatic carbocycles. The number of hydrogen-bond acceptors (Lipinski definition) is 3. The molecule has 5 rings (SSSR count). The van der Waals surface area contributed by atoms with Gasteiger partial charge in [-0.25, -0.2) is 4.39 Å². The minimum atomic E-state index is -1.31. The number of fused-ring (bicyclic) bond motifs is 3. The van der Waals surface area contributed by atoms with Crippen LogP contribution in [0.4, 0.5) is 15.8 Å². The summed E-state index contributed by atoms with van der Waals surface area (Å²) in [6.07, 6.45) is 1.72. The van der Waals surface area contributed by atoms with Crippen LogP contribution in [0.15, 0.2) is 42.5 Å². The van der Waals surface area contributed by atoms with E-state index in [1.165, 1.54) is 12.1 Å². The first-order valence-corrected chi connectivity index (χ1v) is 7.93. The molecular formula is C18H14FN3O2. The average Bonchev–Trinajstić information content (AvgIpc) is 3.35. The van der Waals surface area contributed by atoms with Crippen molar-refractivity contribution < 1.29 is 14.0 Å². The Bertz CT molecular complexity index is 909. The van der Waals surface area contributed by atoms with E-state index in [1.807, 2.05) is 6.07 Å². The lowest BCUT2D eigenvalue weighted by Gasteiger charge is -2.44. The maximum Gasteiger partial charge on any atom is 0.276 e. The zero-order valence-electron chi connectivity index (χ0n) is 12.7. The van der Waals surface area contributed by atoms with E-state index in [1.54, 1.807) is 29.2 Å². The van der Waals surface area contributed by atoms with Gasteiger partial charge in [0, 0.05) is 17.3 Å². The summed E-state index contributed by atoms with van der Waals surface area (Å²) in [4.78, 5) is 27.7. The average molecular weight is 323 g/mol. The van der Waals surface area contributed by atoms with Gasteiger partial charge in [-0.1, -0.05) is 12.1 Å². The van der Waals surface area contributed by atoms with Crippen LogP contribution in [0.25, 0.3) is 0 Å². The second-order valence-corrected chi connectivity index (χ2v) is 6.43. The molecule has 24 heavy (non-hydrogen) atoms. The Labute approximate surface area is 137 Å². The van der Waals surface area contributed by atoms with Crippen LogP contribution in [0.2, 0.25) is 0 Å². The van der Waals surface area contributed by atoms with E-state index < -0.39 is 11.5 Å². The molecule has 1 atom stereocenters. The molecule has 2 aromatic rings. The van der Waals surface area contributed by atoms with E-state index in [0.717, 1.165) is 12.8 Å². The lowest BCUT2D eigenvalue weighted by atomic mass is 9.92. The van der Waals surface area contributed by atoms with Crippen LogP contribution >= 0.6 is 0 Å². The SMILES string of the molecule is O=C1c2ccccc2NC2(C(=O)Nc3cc(F)ccc32)N1C1CC1. The normalized spacial score (nSPS) is 24.5. The third-order valence-corrected chi connectivity index (χ3v) is 4.91. The molecule has 0 saturated heterocycles. The molecule has 1 unspecified atom stereocenters. The van der Waals surface area contributed by atoms with Crippen LogP contribution in [0, 0.1) is 5.82 Å². The quantitative estimate of drug-likeness (QED) is 0.848. The zero-order chi connectivity index (χ0) is 16.5. The van der Waals surface area contributed by atoms with E-state index in [4.69, 9.17) is 0 Å². The predicted molar refractivity (Wildman–Crippen MR) is 86.0 cm³/mol. The summed E-state index contributed by atoms with van der Waals surface area (Å²) in [5.74, 6) is -0.941. The summed E-state index contributed by atoms with van der Waals surface area (Å²) in [7, 11) is 0. The van der Waals surface area contributed by atoms with Crippen molar-refractivity contribution in [3.8, 4) is 0 Å². The molecule has 0 radical (unpaired) electrons. The van der Waals surface area contributed by atoms with Crippen molar-refractivity contribution in [3.63, 3.8) is 0 Å². The van der Waals surface area contributed by atoms with E-state index in [9.17, 15) is 14.0 Å². The highest BCUT2D eigenvalue weighted by molar-refractivity contribution is 6.14. The minimum Gasteiger partial charge on any atom is -0.350 e. The van der Waals surface area contributed by atoms with Gasteiger partial charge in [0.2, 0.25) is 5.66 Å². The highest BCUT2D eigenvalue weighted by atomic mass is 19.1. The van der Waals surface area contributed by atoms with Crippen molar-refractivity contribution in [1.29, 1.82) is 0 Å². The number of halogens is 1. The fraction of sp³-hybridized carbons (Fsp3) is 0.222. The van der Waals surface area contributed by atoms with Crippen molar-refractivity contribution in [3.05, 3.63) is 59.4 Å². The molecule has 1 spiro atoms. The third-order valence-electron chi connectivity index (χ3n) is 4.91. The third kappa shape index (κ3) is 1.57. The predicted octanol–water partition coefficient (Wildman–Crippen LogP) is 2.66. The Morgan fingerprint density at radius 3 is 2.67 bits per heavy atom. The number of nitrogens with zero attached hydrogens (tertiary/aromatic N) is 1. The molecule has 120 valence electrons. The maximum absolute atomic E-state index is 13.6. The smallest absolute Gasteiger partial charge is 0.276 e. The van der Waals surface area contributed by atoms with Gasteiger partial charge in [-0.15, -0.1) is 0 Å². The van der Waals surface area contributed by atoms with Gasteiger partial charge in [-0.3, -0.25) is 9.59 Å². The highest BCUT2D eigenvalue weighted by Gasteiger charge is 2.59. The molecule has 5 nitrogen and oxygen atoms in total. The van der Waals surface area contributed by atoms with Gasteiger partial charge in [-0.2, -0.15) is 0 Å². The molecule has 1 fully saturated rings. The minimum absolute atomic E-state index is 0.0140. The fourth-order valence-electron chi connectivity index (χ4n) is 3.72. The number of para-hydroxylation sites is 1. The number of nitrogens with one attached hydrogen (secondary N) is 2. The van der Waals surface area contributed by atoms with Crippen molar-refractivity contribution in [2.24, 2.45) is 0 Å². The molecule has 2 aliphatic heterocycles. The van der Waals surface area contributed by atoms with Crippen LogP contribution in [-0.4, -0.2) is 22.8 Å². The summed E-state index contributed by atoms with van der Waals surface area (Å²) >= 11 is 0. The second kappa shape index (κ2) is 4.35. The van der Waals surface area contributed by atoms with E-state index in [0.29, 0.717) is 22.5 Å². The summed E-state index contributed by atoms with van der Waals surface area (Å²) in [6, 6.07) is 11.4. The molecule has 6 heteroatoms. The highest BCUT2D eigenvalue weighted by Crippen LogP contribution is 2.49. The van der Waals surface area contributed by atoms with Gasteiger partial charge in [-0.05, 0) is 43.2 Å². The lowest BCUT2D eigenvalue weighted by molar-refractivity contribution is -0.125. The number of rotatable bonds is 1. The van der Waals surface area contributed by atoms with Crippen LogP contribution in [0.3, 0.4) is 0 Å². The number of anilines is 2. The topological polar surface area (TPSA) is 61.4 Å². The number of carbonyl (C=O) groups is 2. The number of carbonyl (C=O) groups excluding carboxylic acids is 2. The summed E-state index contributed by atoms with van der Waals surface area (Å²) in [5.41, 5.74) is 0.856. The summed E-state index contributed by atoms with van der Waals surface area (Å²) < 4.78 is 13.6. The largest absolute Gasteiger partial charge is 0.350 e. The number of amides is 2. The first kappa shape index (κ1) is 13.5. The van der Waals surface area contributed by atoms with E-state index in [2.05, 4.69) is 10.6 Å². The first-order chi connectivity index (χ1) is 11.6. The Hall–Kier alpha value is -2.89. The van der Waals surface area contributed by atoms with E-state index >= 15 is 0 Å². The Kier molecular flexibility index (Phi) is 2.45. The van der Waals surface area contributed by atoms with Crippen molar-refractivity contribution >= 4 is 23.2 Å². The van der Waals surface area contributed by atoms with Gasteiger partial charge < -0.3 is 15.5 Å². The van der Waals surface area contributed by atoms with Crippen LogP contribution < -0.4 is 10.6 Å². The van der Waals surface area contributed by atoms with Gasteiger partial charge in [0.1, 0.15) is 5.82 Å². The van der Waals surface area contributed by atoms with Crippen molar-refractivity contribution in [2.75, 3.05) is 10.6 Å². The van der Waals surface area contributed by atoms with Crippen LogP contribution in [0.1, 0.15) is 28.8 Å². The molecule has 2 heterocycles. The molecule has 0 aromatic heterocycles. The monoisotopic (exact) mass is 323 g/mol. The van der Waals surface area contributed by atoms with Gasteiger partial charge >= 0.3 is 0 Å². The lowest BCUT2D eigenvalue weighted by Crippen LogP contribution is -2.62. The standard InChI is InChI=1S/C18H14FN3O2/c19-10-5-8-13-15(9-10)20-17(24)18(13)21-14-4-2-1-3-12(14)16(23)22(18)11-6-7-11/h1-5,8-9,11,21H,6-7H2,(H,20,24). The Balaban J connectivity index is 1.78. The molecule has 3 aliphatic rings. The fourth-order valence-corrected chi connectivity index (χ4v) is 3.72. The second-order valence-electron chi connectivity index (χ2n) is 6.43. The van der Waals surface area contributed by atoms with E-state index in [-0.39, 0.29) is 17.9 Å². The molecule has 0 bridgehead atoms. The first-order valence-electron chi connectivity index (χ1n) is 7.93. The molecule has 2 amide bonds. The van der Waals surface area contributed by atoms with Gasteiger partial charge in [0.25, 0.3) is 11.8 Å². The summed E-state index contributed by atoms with van der Waals surface area (Å²) in [6.45, 7) is 0. The molecule has 1 saturated carbocycles. The number of benzene rings is 2. The summed E-state index contributed by atoms with van der Waals surface area (Å²) in [5, 5.41) is 6.00. The van der Waals surface area contributed by atoms with Crippen molar-refractivity contribution in [2.45, 2.75) is 24.5 Å². The van der Waals surface area contributed by atoms with Crippen LogP contribution in [0.5, 0.6) is 0 Å². The maximum atomic E-state index is 13.6. The van der Waals surface area contributed by atoms with Crippen LogP contribution in [-0.2, 0) is 10.5 Å². The number of hydrogen-bond donors (Lipinski definition) is 2. The molecule has 2 N–H and O–H groups in total. The van der Waals surface area contributed by atoms with Crippen molar-refractivity contribution in [1.82, 2.24) is 4.90 Å². The van der Waals surface area contributed by atoms with Gasteiger partial charge in [0.15, 0.2) is 0 Å². The zero-order valence-corrected chi connectivity index (χ0v) is 12.7. The molecule has 2 aromatic carbocycles. The molecular weight excluding hydrogens is 309 g/mol. The Morgan fingerprint density at radius 2 is 1.88 bits per heavy atom.